The van der Waals surface area contributed by atoms with Gasteiger partial charge in [0.15, 0.2) is 0 Å². The van der Waals surface area contributed by atoms with Crippen LogP contribution in [-0.4, -0.2) is 18.1 Å². The van der Waals surface area contributed by atoms with Crippen LogP contribution in [-0.2, 0) is 0 Å². The van der Waals surface area contributed by atoms with Crippen molar-refractivity contribution >= 4 is 11.4 Å². The van der Waals surface area contributed by atoms with E-state index in [-0.39, 0.29) is 5.91 Å². The Labute approximate surface area is 85.9 Å². The summed E-state index contributed by atoms with van der Waals surface area (Å²) in [6.45, 7) is 0. The molecular weight excluding hydrogens is 192 g/mol. The number of carbonyl (C=O) groups is 1. The minimum Gasteiger partial charge on any atom is -0.355 e. The van der Waals surface area contributed by atoms with E-state index < -0.39 is 0 Å². The summed E-state index contributed by atoms with van der Waals surface area (Å²) in [7, 11) is 1.57. The molecule has 0 fully saturated rings. The van der Waals surface area contributed by atoms with Crippen molar-refractivity contribution in [3.8, 4) is 6.07 Å². The number of hydrogen-bond acceptors (Lipinski definition) is 2. The first-order chi connectivity index (χ1) is 7.26. The van der Waals surface area contributed by atoms with Gasteiger partial charge in [-0.3, -0.25) is 4.79 Å². The highest BCUT2D eigenvalue weighted by Gasteiger charge is 2.17. The molecule has 2 aromatic heterocycles. The maximum Gasteiger partial charge on any atom is 0.259 e. The van der Waals surface area contributed by atoms with Crippen molar-refractivity contribution in [1.29, 1.82) is 5.26 Å². The first-order valence-corrected chi connectivity index (χ1v) is 4.41. The molecule has 0 saturated heterocycles. The molecule has 0 unspecified atom stereocenters. The number of nitrogens with one attached hydrogen (secondary N) is 2. The quantitative estimate of drug-likeness (QED) is 0.636. The van der Waals surface area contributed by atoms with Crippen LogP contribution >= 0.6 is 0 Å². The monoisotopic (exact) mass is 201 g/mol. The van der Waals surface area contributed by atoms with Crippen molar-refractivity contribution in [2.24, 2.45) is 0 Å². The lowest BCUT2D eigenvalue weighted by atomic mass is 10.2. The Morgan fingerprint density at radius 2 is 2.47 bits per heavy atom. The zero-order valence-corrected chi connectivity index (χ0v) is 8.11. The van der Waals surface area contributed by atoms with Crippen molar-refractivity contribution < 1.29 is 9.31 Å². The molecule has 0 aromatic carbocycles. The maximum absolute atomic E-state index is 11.5. The number of carbonyl (C=O) groups excluding carboxylic acids is 1. The van der Waals surface area contributed by atoms with Crippen molar-refractivity contribution in [3.63, 3.8) is 0 Å². The number of H-pyrrole nitrogens is 1. The first kappa shape index (κ1) is 9.21. The van der Waals surface area contributed by atoms with Gasteiger partial charge in [-0.15, -0.1) is 0 Å². The van der Waals surface area contributed by atoms with Gasteiger partial charge in [0.2, 0.25) is 6.20 Å². The fourth-order valence-electron chi connectivity index (χ4n) is 1.41. The molecule has 0 aliphatic carbocycles. The molecule has 0 saturated carbocycles. The average Bonchev–Trinajstić information content (AvgIpc) is 2.70. The Balaban J connectivity index is 2.67. The summed E-state index contributed by atoms with van der Waals surface area (Å²) in [5, 5.41) is 14.2. The largest absolute Gasteiger partial charge is 0.355 e. The van der Waals surface area contributed by atoms with Crippen molar-refractivity contribution in [3.05, 3.63) is 35.7 Å². The summed E-state index contributed by atoms with van der Waals surface area (Å²) < 4.78 is 1.69. The van der Waals surface area contributed by atoms with Gasteiger partial charge >= 0.3 is 0 Å². The second-order valence-corrected chi connectivity index (χ2v) is 3.05. The van der Waals surface area contributed by atoms with Gasteiger partial charge < -0.3 is 5.32 Å². The molecule has 2 heterocycles. The van der Waals surface area contributed by atoms with Crippen LogP contribution in [0.5, 0.6) is 0 Å². The smallest absolute Gasteiger partial charge is 0.259 e. The number of nitriles is 1. The summed E-state index contributed by atoms with van der Waals surface area (Å²) in [6, 6.07) is 5.38. The van der Waals surface area contributed by atoms with Gasteiger partial charge in [0, 0.05) is 19.2 Å². The van der Waals surface area contributed by atoms with E-state index in [0.717, 1.165) is 0 Å². The zero-order chi connectivity index (χ0) is 10.8. The van der Waals surface area contributed by atoms with Crippen LogP contribution in [0.25, 0.3) is 5.52 Å². The summed E-state index contributed by atoms with van der Waals surface area (Å²) in [5.41, 5.74) is 1.74. The van der Waals surface area contributed by atoms with Crippen molar-refractivity contribution in [2.75, 3.05) is 7.05 Å². The number of fused-ring (bicyclic) bond motifs is 1. The third-order valence-corrected chi connectivity index (χ3v) is 2.18. The lowest BCUT2D eigenvalue weighted by Crippen LogP contribution is -2.24. The zero-order valence-electron chi connectivity index (χ0n) is 8.11. The van der Waals surface area contributed by atoms with E-state index in [1.54, 1.807) is 36.1 Å². The van der Waals surface area contributed by atoms with Gasteiger partial charge in [0.1, 0.15) is 5.56 Å². The van der Waals surface area contributed by atoms with Gasteiger partial charge in [-0.05, 0) is 0 Å². The van der Waals surface area contributed by atoms with Crippen molar-refractivity contribution in [2.45, 2.75) is 0 Å². The SMILES string of the molecule is CNC(=O)c1c[nH][n+]2ccc(C#N)cc12. The molecule has 15 heavy (non-hydrogen) atoms. The lowest BCUT2D eigenvalue weighted by molar-refractivity contribution is -0.576. The molecule has 2 aromatic rings. The Bertz CT molecular complexity index is 564. The Morgan fingerprint density at radius 3 is 3.13 bits per heavy atom. The lowest BCUT2D eigenvalue weighted by Gasteiger charge is -1.91. The minimum absolute atomic E-state index is 0.177. The Hall–Kier alpha value is -2.35. The van der Waals surface area contributed by atoms with Crippen LogP contribution in [0.2, 0.25) is 0 Å². The van der Waals surface area contributed by atoms with E-state index in [2.05, 4.69) is 10.4 Å². The molecular formula is C10H9N4O+. The average molecular weight is 201 g/mol. The van der Waals surface area contributed by atoms with Gasteiger partial charge in [-0.25, -0.2) is 0 Å². The minimum atomic E-state index is -0.177. The van der Waals surface area contributed by atoms with Crippen LogP contribution in [0.4, 0.5) is 0 Å². The van der Waals surface area contributed by atoms with Gasteiger partial charge in [0.25, 0.3) is 11.4 Å². The van der Waals surface area contributed by atoms with Crippen LogP contribution in [0.3, 0.4) is 0 Å². The van der Waals surface area contributed by atoms with E-state index in [1.807, 2.05) is 6.07 Å². The molecule has 5 heteroatoms. The second-order valence-electron chi connectivity index (χ2n) is 3.05. The third-order valence-electron chi connectivity index (χ3n) is 2.18. The molecule has 0 radical (unpaired) electrons. The van der Waals surface area contributed by atoms with E-state index in [0.29, 0.717) is 16.6 Å². The van der Waals surface area contributed by atoms with Gasteiger partial charge in [-0.2, -0.15) is 10.4 Å². The van der Waals surface area contributed by atoms with Crippen LogP contribution in [0.15, 0.2) is 24.5 Å². The normalized spacial score (nSPS) is 9.87. The summed E-state index contributed by atoms with van der Waals surface area (Å²) in [6.07, 6.45) is 3.32. The van der Waals surface area contributed by atoms with Crippen LogP contribution in [0.1, 0.15) is 15.9 Å². The first-order valence-electron chi connectivity index (χ1n) is 4.41. The highest BCUT2D eigenvalue weighted by atomic mass is 16.1. The molecule has 0 spiro atoms. The standard InChI is InChI=1S/C10H8N4O/c1-12-10(15)8-6-13-14-3-2-7(5-11)4-9(8)14/h2-4,6H,1H3,(H,12,15)/p+1. The summed E-state index contributed by atoms with van der Waals surface area (Å²) >= 11 is 0. The number of rotatable bonds is 1. The predicted molar refractivity (Wildman–Crippen MR) is 52.1 cm³/mol. The van der Waals surface area contributed by atoms with Crippen LogP contribution < -0.4 is 9.83 Å². The molecule has 1 amide bonds. The predicted octanol–water partition coefficient (Wildman–Crippen LogP) is -0.0153. The highest BCUT2D eigenvalue weighted by molar-refractivity contribution is 5.99. The summed E-state index contributed by atoms with van der Waals surface area (Å²) in [4.78, 5) is 11.5. The molecule has 74 valence electrons. The fourth-order valence-corrected chi connectivity index (χ4v) is 1.41. The second kappa shape index (κ2) is 3.42. The third kappa shape index (κ3) is 1.42. The number of aromatic amines is 1. The highest BCUT2D eigenvalue weighted by Crippen LogP contribution is 2.07. The topological polar surface area (TPSA) is 72.8 Å². The van der Waals surface area contributed by atoms with Crippen LogP contribution in [0, 0.1) is 11.3 Å². The van der Waals surface area contributed by atoms with E-state index in [9.17, 15) is 4.79 Å². The Kier molecular flexibility index (Phi) is 2.10. The number of aromatic nitrogens is 2. The number of pyridine rings is 1. The Morgan fingerprint density at radius 1 is 1.67 bits per heavy atom. The number of nitrogens with zero attached hydrogens (tertiary/aromatic N) is 2. The van der Waals surface area contributed by atoms with E-state index in [1.165, 1.54) is 0 Å². The van der Waals surface area contributed by atoms with Gasteiger partial charge in [0.05, 0.1) is 17.8 Å². The molecule has 5 nitrogen and oxygen atoms in total. The molecule has 0 bridgehead atoms. The fraction of sp³-hybridized carbons (Fsp3) is 0.100. The molecule has 0 atom stereocenters. The van der Waals surface area contributed by atoms with Gasteiger partial charge in [-0.1, -0.05) is 4.52 Å². The van der Waals surface area contributed by atoms with E-state index >= 15 is 0 Å². The maximum atomic E-state index is 11.5. The number of amides is 1. The molecule has 0 aliphatic rings. The molecule has 2 N–H and O–H groups in total. The van der Waals surface area contributed by atoms with Crippen molar-refractivity contribution in [1.82, 2.24) is 10.4 Å². The van der Waals surface area contributed by atoms with E-state index in [4.69, 9.17) is 5.26 Å². The molecule has 0 aliphatic heterocycles. The number of hydrogen-bond donors (Lipinski definition) is 2. The summed E-state index contributed by atoms with van der Waals surface area (Å²) in [5.74, 6) is -0.177. The molecule has 2 rings (SSSR count).